The summed E-state index contributed by atoms with van der Waals surface area (Å²) in [6.45, 7) is 0.521. The summed E-state index contributed by atoms with van der Waals surface area (Å²) in [6, 6.07) is 7.78. The predicted molar refractivity (Wildman–Crippen MR) is 87.5 cm³/mol. The van der Waals surface area contributed by atoms with E-state index in [1.807, 2.05) is 31.3 Å². The van der Waals surface area contributed by atoms with Crippen molar-refractivity contribution < 1.29 is 9.53 Å². The number of aromatic nitrogens is 1. The van der Waals surface area contributed by atoms with Gasteiger partial charge in [-0.05, 0) is 31.7 Å². The Morgan fingerprint density at radius 2 is 2.09 bits per heavy atom. The van der Waals surface area contributed by atoms with Crippen LogP contribution in [0.5, 0.6) is 5.75 Å². The minimum atomic E-state index is -0.00898. The molecule has 1 aliphatic rings. The number of carbonyl (C=O) groups excluding carboxylic acids is 1. The van der Waals surface area contributed by atoms with Crippen LogP contribution in [-0.4, -0.2) is 29.9 Å². The third-order valence-corrected chi connectivity index (χ3v) is 5.12. The van der Waals surface area contributed by atoms with Gasteiger partial charge in [0.05, 0.1) is 12.8 Å². The summed E-state index contributed by atoms with van der Waals surface area (Å²) in [7, 11) is 3.46. The molecule has 22 heavy (non-hydrogen) atoms. The monoisotopic (exact) mass is 316 g/mol. The summed E-state index contributed by atoms with van der Waals surface area (Å²) in [4.78, 5) is 20.2. The van der Waals surface area contributed by atoms with Crippen molar-refractivity contribution in [2.45, 2.75) is 32.2 Å². The number of amides is 1. The molecular formula is C17H20N2O2S. The minimum absolute atomic E-state index is 0.00898. The molecule has 0 unspecified atom stereocenters. The van der Waals surface area contributed by atoms with E-state index in [1.165, 1.54) is 17.7 Å². The summed E-state index contributed by atoms with van der Waals surface area (Å²) in [6.07, 6.45) is 4.47. The number of carbonyl (C=O) groups is 1. The Balaban J connectivity index is 1.75. The molecule has 1 heterocycles. The van der Waals surface area contributed by atoms with E-state index in [0.29, 0.717) is 11.6 Å². The number of thiazole rings is 1. The van der Waals surface area contributed by atoms with E-state index in [9.17, 15) is 4.79 Å². The molecule has 4 nitrogen and oxygen atoms in total. The predicted octanol–water partition coefficient (Wildman–Crippen LogP) is 3.30. The Morgan fingerprint density at radius 3 is 2.86 bits per heavy atom. The number of fused-ring (bicyclic) bond motifs is 1. The number of ether oxygens (including phenoxy) is 1. The average Bonchev–Trinajstić information content (AvgIpc) is 2.98. The van der Waals surface area contributed by atoms with Crippen LogP contribution in [0.3, 0.4) is 0 Å². The fraction of sp³-hybridized carbons (Fsp3) is 0.412. The van der Waals surface area contributed by atoms with E-state index in [0.717, 1.165) is 29.8 Å². The molecule has 0 N–H and O–H groups in total. The van der Waals surface area contributed by atoms with Crippen molar-refractivity contribution in [2.24, 2.45) is 0 Å². The van der Waals surface area contributed by atoms with Crippen LogP contribution in [0, 0.1) is 0 Å². The molecule has 0 radical (unpaired) electrons. The lowest BCUT2D eigenvalue weighted by Crippen LogP contribution is -2.26. The van der Waals surface area contributed by atoms with E-state index >= 15 is 0 Å². The number of para-hydroxylation sites is 1. The van der Waals surface area contributed by atoms with Crippen molar-refractivity contribution in [3.63, 3.8) is 0 Å². The molecule has 1 aromatic heterocycles. The molecule has 116 valence electrons. The molecular weight excluding hydrogens is 296 g/mol. The van der Waals surface area contributed by atoms with Gasteiger partial charge in [-0.15, -0.1) is 11.3 Å². The first-order chi connectivity index (χ1) is 10.7. The van der Waals surface area contributed by atoms with Crippen molar-refractivity contribution in [1.29, 1.82) is 0 Å². The highest BCUT2D eigenvalue weighted by Crippen LogP contribution is 2.28. The van der Waals surface area contributed by atoms with E-state index in [4.69, 9.17) is 4.74 Å². The third-order valence-electron chi connectivity index (χ3n) is 3.98. The van der Waals surface area contributed by atoms with Gasteiger partial charge in [-0.25, -0.2) is 4.98 Å². The number of benzene rings is 1. The van der Waals surface area contributed by atoms with Gasteiger partial charge < -0.3 is 9.64 Å². The number of aryl methyl sites for hydroxylation is 2. The maximum Gasteiger partial charge on any atom is 0.282 e. The molecule has 1 amide bonds. The van der Waals surface area contributed by atoms with Gasteiger partial charge in [0.15, 0.2) is 5.01 Å². The Bertz CT molecular complexity index is 658. The van der Waals surface area contributed by atoms with Crippen LogP contribution in [0.4, 0.5) is 0 Å². The molecule has 5 heteroatoms. The van der Waals surface area contributed by atoms with E-state index in [-0.39, 0.29) is 5.91 Å². The van der Waals surface area contributed by atoms with Gasteiger partial charge in [0.25, 0.3) is 5.91 Å². The Hall–Kier alpha value is -1.88. The van der Waals surface area contributed by atoms with Crippen LogP contribution >= 0.6 is 11.3 Å². The van der Waals surface area contributed by atoms with Gasteiger partial charge in [0.2, 0.25) is 0 Å². The largest absolute Gasteiger partial charge is 0.496 e. The maximum atomic E-state index is 12.6. The Kier molecular flexibility index (Phi) is 4.43. The van der Waals surface area contributed by atoms with Crippen LogP contribution in [0.1, 0.15) is 38.8 Å². The third kappa shape index (κ3) is 2.99. The molecule has 0 saturated heterocycles. The van der Waals surface area contributed by atoms with Gasteiger partial charge in [-0.1, -0.05) is 18.2 Å². The Morgan fingerprint density at radius 1 is 1.32 bits per heavy atom. The smallest absolute Gasteiger partial charge is 0.282 e. The summed E-state index contributed by atoms with van der Waals surface area (Å²) in [5, 5.41) is 0.615. The lowest BCUT2D eigenvalue weighted by molar-refractivity contribution is 0.0783. The number of methoxy groups -OCH3 is 1. The zero-order chi connectivity index (χ0) is 15.5. The topological polar surface area (TPSA) is 42.4 Å². The van der Waals surface area contributed by atoms with Crippen molar-refractivity contribution in [1.82, 2.24) is 9.88 Å². The van der Waals surface area contributed by atoms with Gasteiger partial charge in [0, 0.05) is 24.0 Å². The second-order valence-electron chi connectivity index (χ2n) is 5.57. The van der Waals surface area contributed by atoms with E-state index < -0.39 is 0 Å². The summed E-state index contributed by atoms with van der Waals surface area (Å²) in [5.74, 6) is 0.797. The fourth-order valence-corrected chi connectivity index (χ4v) is 3.91. The second-order valence-corrected chi connectivity index (χ2v) is 6.65. The van der Waals surface area contributed by atoms with Crippen molar-refractivity contribution >= 4 is 17.2 Å². The molecule has 2 aromatic rings. The van der Waals surface area contributed by atoms with E-state index in [2.05, 4.69) is 4.98 Å². The highest BCUT2D eigenvalue weighted by Gasteiger charge is 2.22. The number of hydrogen-bond acceptors (Lipinski definition) is 4. The summed E-state index contributed by atoms with van der Waals surface area (Å²) < 4.78 is 5.35. The normalized spacial score (nSPS) is 13.5. The van der Waals surface area contributed by atoms with Gasteiger partial charge in [0.1, 0.15) is 5.75 Å². The SMILES string of the molecule is COc1ccccc1CN(C)C(=O)c1nc2c(s1)CCCC2. The van der Waals surface area contributed by atoms with Crippen molar-refractivity contribution in [3.8, 4) is 5.75 Å². The molecule has 0 atom stereocenters. The molecule has 0 bridgehead atoms. The zero-order valence-electron chi connectivity index (χ0n) is 13.0. The number of rotatable bonds is 4. The van der Waals surface area contributed by atoms with Crippen LogP contribution < -0.4 is 4.74 Å². The van der Waals surface area contributed by atoms with Gasteiger partial charge in [-0.2, -0.15) is 0 Å². The van der Waals surface area contributed by atoms with Crippen LogP contribution in [0.15, 0.2) is 24.3 Å². The molecule has 0 spiro atoms. The molecule has 0 fully saturated rings. The van der Waals surface area contributed by atoms with Crippen LogP contribution in [0.2, 0.25) is 0 Å². The van der Waals surface area contributed by atoms with Gasteiger partial charge >= 0.3 is 0 Å². The quantitative estimate of drug-likeness (QED) is 0.869. The molecule has 1 aliphatic carbocycles. The standard InChI is InChI=1S/C17H20N2O2S/c1-19(11-12-7-3-5-9-14(12)21-2)17(20)16-18-13-8-4-6-10-15(13)22-16/h3,5,7,9H,4,6,8,10-11H2,1-2H3. The first-order valence-electron chi connectivity index (χ1n) is 7.55. The highest BCUT2D eigenvalue weighted by atomic mass is 32.1. The molecule has 1 aromatic carbocycles. The summed E-state index contributed by atoms with van der Waals surface area (Å²) in [5.41, 5.74) is 2.13. The van der Waals surface area contributed by atoms with Crippen molar-refractivity contribution in [2.75, 3.05) is 14.2 Å². The highest BCUT2D eigenvalue weighted by molar-refractivity contribution is 7.13. The molecule has 0 saturated carbocycles. The maximum absolute atomic E-state index is 12.6. The molecule has 3 rings (SSSR count). The fourth-order valence-electron chi connectivity index (χ4n) is 2.77. The number of nitrogens with zero attached hydrogens (tertiary/aromatic N) is 2. The first kappa shape index (κ1) is 15.0. The second kappa shape index (κ2) is 6.48. The van der Waals surface area contributed by atoms with Crippen molar-refractivity contribution in [3.05, 3.63) is 45.4 Å². The Labute approximate surface area is 134 Å². The summed E-state index contributed by atoms with van der Waals surface area (Å²) >= 11 is 1.56. The van der Waals surface area contributed by atoms with Gasteiger partial charge in [-0.3, -0.25) is 4.79 Å². The number of hydrogen-bond donors (Lipinski definition) is 0. The molecule has 0 aliphatic heterocycles. The van der Waals surface area contributed by atoms with E-state index in [1.54, 1.807) is 23.3 Å². The zero-order valence-corrected chi connectivity index (χ0v) is 13.8. The first-order valence-corrected chi connectivity index (χ1v) is 8.36. The minimum Gasteiger partial charge on any atom is -0.496 e. The lowest BCUT2D eigenvalue weighted by Gasteiger charge is -2.17. The van der Waals surface area contributed by atoms with Crippen LogP contribution in [-0.2, 0) is 19.4 Å². The average molecular weight is 316 g/mol. The van der Waals surface area contributed by atoms with Crippen LogP contribution in [0.25, 0.3) is 0 Å². The lowest BCUT2D eigenvalue weighted by atomic mass is 10.0.